The predicted molar refractivity (Wildman–Crippen MR) is 175 cm³/mol. The van der Waals surface area contributed by atoms with Crippen molar-refractivity contribution in [3.8, 4) is 22.8 Å². The van der Waals surface area contributed by atoms with Crippen molar-refractivity contribution in [1.29, 1.82) is 0 Å². The molecule has 0 aliphatic rings. The Balaban J connectivity index is 1.40. The summed E-state index contributed by atoms with van der Waals surface area (Å²) >= 11 is 0. The normalized spacial score (nSPS) is 12.4. The van der Waals surface area contributed by atoms with E-state index >= 15 is 0 Å². The topological polar surface area (TPSA) is 132 Å². The Labute approximate surface area is 267 Å². The van der Waals surface area contributed by atoms with Crippen LogP contribution in [0.25, 0.3) is 22.8 Å². The second kappa shape index (κ2) is 15.2. The van der Waals surface area contributed by atoms with Crippen LogP contribution in [0.5, 0.6) is 0 Å². The largest absolute Gasteiger partial charge is 0.463 e. The van der Waals surface area contributed by atoms with E-state index in [2.05, 4.69) is 33.0 Å². The lowest BCUT2D eigenvalue weighted by molar-refractivity contribution is -0.122. The molecule has 5 aromatic rings. The van der Waals surface area contributed by atoms with E-state index in [-0.39, 0.29) is 53.9 Å². The van der Waals surface area contributed by atoms with E-state index < -0.39 is 5.56 Å². The first-order chi connectivity index (χ1) is 22.3. The summed E-state index contributed by atoms with van der Waals surface area (Å²) in [6.45, 7) is 5.29. The zero-order chi connectivity index (χ0) is 32.5. The highest BCUT2D eigenvalue weighted by atomic mass is 16.5. The fourth-order valence-electron chi connectivity index (χ4n) is 5.37. The molecule has 0 saturated heterocycles. The monoisotopic (exact) mass is 621 g/mol. The lowest BCUT2D eigenvalue weighted by Gasteiger charge is -2.18. The summed E-state index contributed by atoms with van der Waals surface area (Å²) in [5, 5.41) is 14.6. The number of nitrogens with zero attached hydrogens (tertiary/aromatic N) is 3. The molecule has 2 amide bonds. The summed E-state index contributed by atoms with van der Waals surface area (Å²) in [5.41, 5.74) is 3.10. The van der Waals surface area contributed by atoms with Crippen molar-refractivity contribution in [2.75, 3.05) is 0 Å². The van der Waals surface area contributed by atoms with Gasteiger partial charge in [-0.3, -0.25) is 14.4 Å². The number of carbonyl (C=O) groups is 2. The zero-order valence-corrected chi connectivity index (χ0v) is 26.4. The molecule has 3 aromatic heterocycles. The number of aromatic nitrogens is 3. The number of nitrogens with one attached hydrogen (secondary N) is 2. The summed E-state index contributed by atoms with van der Waals surface area (Å²) in [6, 6.07) is 24.9. The van der Waals surface area contributed by atoms with Crippen molar-refractivity contribution in [3.63, 3.8) is 0 Å². The van der Waals surface area contributed by atoms with Crippen molar-refractivity contribution < 1.29 is 18.5 Å². The number of carbonyl (C=O) groups excluding carboxylic acids is 2. The molecule has 3 heterocycles. The predicted octanol–water partition coefficient (Wildman–Crippen LogP) is 5.28. The van der Waals surface area contributed by atoms with E-state index in [1.54, 1.807) is 25.1 Å². The highest BCUT2D eigenvalue weighted by molar-refractivity contribution is 5.85. The summed E-state index contributed by atoms with van der Waals surface area (Å²) < 4.78 is 12.4. The third-order valence-electron chi connectivity index (χ3n) is 7.74. The van der Waals surface area contributed by atoms with Crippen LogP contribution in [0.15, 0.2) is 98.9 Å². The third kappa shape index (κ3) is 8.47. The molecule has 2 N–H and O–H groups in total. The molecule has 0 aliphatic carbocycles. The van der Waals surface area contributed by atoms with Gasteiger partial charge in [0.1, 0.15) is 12.2 Å². The van der Waals surface area contributed by atoms with Gasteiger partial charge in [0, 0.05) is 23.7 Å². The van der Waals surface area contributed by atoms with Crippen LogP contribution in [0.3, 0.4) is 0 Å². The van der Waals surface area contributed by atoms with Gasteiger partial charge in [-0.15, -0.1) is 0 Å². The van der Waals surface area contributed by atoms with Gasteiger partial charge in [-0.2, -0.15) is 5.10 Å². The summed E-state index contributed by atoms with van der Waals surface area (Å²) in [6.07, 6.45) is 4.29. The van der Waals surface area contributed by atoms with Gasteiger partial charge in [0.15, 0.2) is 11.5 Å². The SMILES string of the molecule is Cc1cc(-c2c(-c3ccco3)nn(CC(=O)N[C@@H](C)CCc3ccccc3)c(=O)c2CC(=O)N[C@H](C)CCc2ccccc2)on1. The molecular formula is C36H39N5O5. The number of rotatable bonds is 14. The van der Waals surface area contributed by atoms with Crippen LogP contribution in [0.2, 0.25) is 0 Å². The first-order valence-electron chi connectivity index (χ1n) is 15.5. The van der Waals surface area contributed by atoms with Gasteiger partial charge in [-0.25, -0.2) is 4.68 Å². The molecule has 46 heavy (non-hydrogen) atoms. The van der Waals surface area contributed by atoms with Gasteiger partial charge in [-0.1, -0.05) is 65.8 Å². The highest BCUT2D eigenvalue weighted by Gasteiger charge is 2.27. The van der Waals surface area contributed by atoms with E-state index in [4.69, 9.17) is 8.94 Å². The quantitative estimate of drug-likeness (QED) is 0.172. The smallest absolute Gasteiger partial charge is 0.271 e. The Bertz CT molecular complexity index is 1800. The molecule has 0 radical (unpaired) electrons. The Morgan fingerprint density at radius 1 is 0.826 bits per heavy atom. The zero-order valence-electron chi connectivity index (χ0n) is 26.4. The molecular weight excluding hydrogens is 582 g/mol. The Hall–Kier alpha value is -5.25. The average molecular weight is 622 g/mol. The van der Waals surface area contributed by atoms with Crippen LogP contribution in [0.1, 0.15) is 49.1 Å². The first-order valence-corrected chi connectivity index (χ1v) is 15.5. The maximum Gasteiger partial charge on any atom is 0.271 e. The van der Waals surface area contributed by atoms with Crippen molar-refractivity contribution in [2.24, 2.45) is 0 Å². The van der Waals surface area contributed by atoms with E-state index in [9.17, 15) is 14.4 Å². The molecule has 2 atom stereocenters. The second-order valence-corrected chi connectivity index (χ2v) is 11.6. The van der Waals surface area contributed by atoms with Crippen LogP contribution >= 0.6 is 0 Å². The lowest BCUT2D eigenvalue weighted by Crippen LogP contribution is -2.40. The van der Waals surface area contributed by atoms with Gasteiger partial charge < -0.3 is 19.6 Å². The fourth-order valence-corrected chi connectivity index (χ4v) is 5.37. The van der Waals surface area contributed by atoms with E-state index in [1.165, 1.54) is 17.4 Å². The van der Waals surface area contributed by atoms with E-state index in [1.807, 2.05) is 62.4 Å². The van der Waals surface area contributed by atoms with Crippen molar-refractivity contribution in [3.05, 3.63) is 118 Å². The molecule has 0 spiro atoms. The number of furan rings is 1. The Morgan fingerprint density at radius 2 is 1.43 bits per heavy atom. The Morgan fingerprint density at radius 3 is 1.98 bits per heavy atom. The molecule has 5 rings (SSSR count). The maximum atomic E-state index is 14.0. The summed E-state index contributed by atoms with van der Waals surface area (Å²) in [7, 11) is 0. The van der Waals surface area contributed by atoms with Crippen LogP contribution in [0, 0.1) is 6.92 Å². The number of hydrogen-bond acceptors (Lipinski definition) is 7. The van der Waals surface area contributed by atoms with Gasteiger partial charge in [-0.05, 0) is 69.7 Å². The minimum Gasteiger partial charge on any atom is -0.463 e. The molecule has 0 bridgehead atoms. The number of aryl methyl sites for hydroxylation is 3. The minimum atomic E-state index is -0.571. The maximum absolute atomic E-state index is 14.0. The fraction of sp³-hybridized carbons (Fsp3) is 0.306. The average Bonchev–Trinajstić information content (AvgIpc) is 3.74. The van der Waals surface area contributed by atoms with Gasteiger partial charge in [0.25, 0.3) is 5.56 Å². The van der Waals surface area contributed by atoms with Gasteiger partial charge >= 0.3 is 0 Å². The van der Waals surface area contributed by atoms with Crippen molar-refractivity contribution in [2.45, 2.75) is 71.5 Å². The van der Waals surface area contributed by atoms with Gasteiger partial charge in [0.05, 0.1) is 23.9 Å². The molecule has 10 heteroatoms. The third-order valence-corrected chi connectivity index (χ3v) is 7.74. The molecule has 10 nitrogen and oxygen atoms in total. The van der Waals surface area contributed by atoms with Crippen LogP contribution in [-0.4, -0.2) is 38.8 Å². The van der Waals surface area contributed by atoms with Gasteiger partial charge in [0.2, 0.25) is 11.8 Å². The van der Waals surface area contributed by atoms with Crippen LogP contribution in [-0.2, 0) is 35.4 Å². The standard InChI is InChI=1S/C36H39N5O5/c1-24(16-18-27-11-6-4-7-12-27)37-32(42)22-29-34(31-21-26(3)40-46-31)35(30-15-10-20-45-30)39-41(36(29)44)23-33(43)38-25(2)17-19-28-13-8-5-9-14-28/h4-15,20-21,24-25H,16-19,22-23H2,1-3H3,(H,37,42)(H,38,43)/t24-,25+/m1/s1. The van der Waals surface area contributed by atoms with Crippen LogP contribution in [0.4, 0.5) is 0 Å². The molecule has 0 unspecified atom stereocenters. The summed E-state index contributed by atoms with van der Waals surface area (Å²) in [4.78, 5) is 40.6. The van der Waals surface area contributed by atoms with E-state index in [0.717, 1.165) is 30.4 Å². The van der Waals surface area contributed by atoms with Crippen LogP contribution < -0.4 is 16.2 Å². The molecule has 2 aromatic carbocycles. The summed E-state index contributed by atoms with van der Waals surface area (Å²) in [5.74, 6) is -0.0714. The lowest BCUT2D eigenvalue weighted by atomic mass is 10.00. The molecule has 0 aliphatic heterocycles. The minimum absolute atomic E-state index is 0.132. The van der Waals surface area contributed by atoms with Crippen molar-refractivity contribution in [1.82, 2.24) is 25.6 Å². The number of amides is 2. The molecule has 0 fully saturated rings. The number of hydrogen-bond donors (Lipinski definition) is 2. The first kappa shape index (κ1) is 32.2. The molecule has 0 saturated carbocycles. The van der Waals surface area contributed by atoms with Crippen molar-refractivity contribution >= 4 is 11.8 Å². The number of benzene rings is 2. The highest BCUT2D eigenvalue weighted by Crippen LogP contribution is 2.33. The molecule has 238 valence electrons. The Kier molecular flexibility index (Phi) is 10.6. The van der Waals surface area contributed by atoms with E-state index in [0.29, 0.717) is 17.0 Å². The second-order valence-electron chi connectivity index (χ2n) is 11.6.